The highest BCUT2D eigenvalue weighted by atomic mass is 35.5. The number of nitrogens with one attached hydrogen (secondary N) is 1. The standard InChI is InChI=1S/C16H13ClN2O/c1-10-3-2-4-12(7-10)18-9-14-13-6-5-11(17)8-15(13)19-16(14)20/h2-9,19-20H,1H3. The van der Waals surface area contributed by atoms with E-state index in [9.17, 15) is 5.11 Å². The van der Waals surface area contributed by atoms with Gasteiger partial charge >= 0.3 is 0 Å². The van der Waals surface area contributed by atoms with Gasteiger partial charge in [0.2, 0.25) is 0 Å². The van der Waals surface area contributed by atoms with Gasteiger partial charge in [-0.1, -0.05) is 29.8 Å². The van der Waals surface area contributed by atoms with Gasteiger partial charge in [-0.15, -0.1) is 0 Å². The van der Waals surface area contributed by atoms with Crippen LogP contribution in [0.1, 0.15) is 11.1 Å². The van der Waals surface area contributed by atoms with E-state index < -0.39 is 0 Å². The van der Waals surface area contributed by atoms with Gasteiger partial charge in [-0.05, 0) is 36.8 Å². The molecule has 2 aromatic carbocycles. The van der Waals surface area contributed by atoms with Crippen LogP contribution in [-0.2, 0) is 0 Å². The van der Waals surface area contributed by atoms with Gasteiger partial charge in [0, 0.05) is 16.6 Å². The Morgan fingerprint density at radius 1 is 1.20 bits per heavy atom. The Bertz CT molecular complexity index is 805. The summed E-state index contributed by atoms with van der Waals surface area (Å²) in [7, 11) is 0. The van der Waals surface area contributed by atoms with Crippen LogP contribution in [-0.4, -0.2) is 16.3 Å². The van der Waals surface area contributed by atoms with Gasteiger partial charge in [0.05, 0.1) is 16.8 Å². The van der Waals surface area contributed by atoms with Gasteiger partial charge in [0.1, 0.15) is 0 Å². The third-order valence-corrected chi connectivity index (χ3v) is 3.36. The molecule has 0 spiro atoms. The first-order chi connectivity index (χ1) is 9.63. The summed E-state index contributed by atoms with van der Waals surface area (Å²) >= 11 is 5.94. The molecule has 0 unspecified atom stereocenters. The van der Waals surface area contributed by atoms with Crippen LogP contribution in [0, 0.1) is 6.92 Å². The number of benzene rings is 2. The van der Waals surface area contributed by atoms with E-state index in [0.29, 0.717) is 10.6 Å². The monoisotopic (exact) mass is 284 g/mol. The van der Waals surface area contributed by atoms with Crippen molar-refractivity contribution in [2.45, 2.75) is 6.92 Å². The van der Waals surface area contributed by atoms with Gasteiger partial charge in [-0.3, -0.25) is 4.99 Å². The molecule has 0 saturated heterocycles. The second-order valence-electron chi connectivity index (χ2n) is 4.67. The largest absolute Gasteiger partial charge is 0.494 e. The van der Waals surface area contributed by atoms with Crippen molar-refractivity contribution < 1.29 is 5.11 Å². The average molecular weight is 285 g/mol. The molecule has 3 nitrogen and oxygen atoms in total. The Morgan fingerprint density at radius 3 is 2.85 bits per heavy atom. The maximum atomic E-state index is 9.97. The minimum Gasteiger partial charge on any atom is -0.494 e. The fourth-order valence-corrected chi connectivity index (χ4v) is 2.33. The maximum Gasteiger partial charge on any atom is 0.198 e. The van der Waals surface area contributed by atoms with Crippen molar-refractivity contribution in [3.05, 3.63) is 58.6 Å². The predicted molar refractivity (Wildman–Crippen MR) is 83.4 cm³/mol. The van der Waals surface area contributed by atoms with E-state index in [2.05, 4.69) is 9.98 Å². The van der Waals surface area contributed by atoms with Crippen molar-refractivity contribution in [3.8, 4) is 5.88 Å². The molecule has 1 aromatic heterocycles. The highest BCUT2D eigenvalue weighted by molar-refractivity contribution is 6.31. The van der Waals surface area contributed by atoms with E-state index in [1.165, 1.54) is 0 Å². The van der Waals surface area contributed by atoms with Gasteiger partial charge in [-0.2, -0.15) is 0 Å². The minimum atomic E-state index is 0.0960. The van der Waals surface area contributed by atoms with Gasteiger partial charge in [0.15, 0.2) is 5.88 Å². The number of aliphatic imine (C=N–C) groups is 1. The van der Waals surface area contributed by atoms with Gasteiger partial charge in [0.25, 0.3) is 0 Å². The zero-order valence-electron chi connectivity index (χ0n) is 10.9. The summed E-state index contributed by atoms with van der Waals surface area (Å²) in [4.78, 5) is 7.30. The Balaban J connectivity index is 2.04. The Kier molecular flexibility index (Phi) is 3.20. The van der Waals surface area contributed by atoms with Crippen LogP contribution in [0.5, 0.6) is 5.88 Å². The Labute approximate surface area is 121 Å². The number of H-pyrrole nitrogens is 1. The molecule has 0 aliphatic heterocycles. The van der Waals surface area contributed by atoms with Crippen molar-refractivity contribution in [3.63, 3.8) is 0 Å². The van der Waals surface area contributed by atoms with Crippen molar-refractivity contribution >= 4 is 34.4 Å². The number of halogens is 1. The molecule has 20 heavy (non-hydrogen) atoms. The summed E-state index contributed by atoms with van der Waals surface area (Å²) in [6.07, 6.45) is 1.66. The summed E-state index contributed by atoms with van der Waals surface area (Å²) in [6.45, 7) is 2.02. The number of aromatic hydroxyl groups is 1. The number of hydrogen-bond donors (Lipinski definition) is 2. The zero-order chi connectivity index (χ0) is 14.1. The number of nitrogens with zero attached hydrogens (tertiary/aromatic N) is 1. The van der Waals surface area contributed by atoms with Crippen LogP contribution in [0.15, 0.2) is 47.5 Å². The number of aromatic amines is 1. The molecule has 4 heteroatoms. The SMILES string of the molecule is Cc1cccc(N=Cc2c(O)[nH]c3cc(Cl)ccc23)c1. The number of fused-ring (bicyclic) bond motifs is 1. The summed E-state index contributed by atoms with van der Waals surface area (Å²) in [5, 5.41) is 11.5. The van der Waals surface area contributed by atoms with Gasteiger partial charge < -0.3 is 10.1 Å². The number of aromatic nitrogens is 1. The molecule has 3 aromatic rings. The Morgan fingerprint density at radius 2 is 2.05 bits per heavy atom. The minimum absolute atomic E-state index is 0.0960. The van der Waals surface area contributed by atoms with E-state index in [-0.39, 0.29) is 5.88 Å². The zero-order valence-corrected chi connectivity index (χ0v) is 11.6. The van der Waals surface area contributed by atoms with Crippen LogP contribution in [0.3, 0.4) is 0 Å². The first-order valence-corrected chi connectivity index (χ1v) is 6.62. The third kappa shape index (κ3) is 2.40. The van der Waals surface area contributed by atoms with Crippen LogP contribution in [0.25, 0.3) is 10.9 Å². The summed E-state index contributed by atoms with van der Waals surface area (Å²) in [5.41, 5.74) is 3.46. The third-order valence-electron chi connectivity index (χ3n) is 3.12. The molecule has 0 atom stereocenters. The molecule has 0 saturated carbocycles. The summed E-state index contributed by atoms with van der Waals surface area (Å²) in [5.74, 6) is 0.0960. The fourth-order valence-electron chi connectivity index (χ4n) is 2.16. The lowest BCUT2D eigenvalue weighted by molar-refractivity contribution is 0.457. The van der Waals surface area contributed by atoms with Crippen molar-refractivity contribution in [2.24, 2.45) is 4.99 Å². The molecule has 0 aliphatic carbocycles. The molecular formula is C16H13ClN2O. The molecule has 0 bridgehead atoms. The fraction of sp³-hybridized carbons (Fsp3) is 0.0625. The number of aryl methyl sites for hydroxylation is 1. The van der Waals surface area contributed by atoms with E-state index in [4.69, 9.17) is 11.6 Å². The topological polar surface area (TPSA) is 48.4 Å². The second-order valence-corrected chi connectivity index (χ2v) is 5.11. The van der Waals surface area contributed by atoms with Crippen molar-refractivity contribution in [2.75, 3.05) is 0 Å². The van der Waals surface area contributed by atoms with Crippen molar-refractivity contribution in [1.29, 1.82) is 0 Å². The molecule has 0 fully saturated rings. The molecular weight excluding hydrogens is 272 g/mol. The van der Waals surface area contributed by atoms with Crippen molar-refractivity contribution in [1.82, 2.24) is 4.98 Å². The quantitative estimate of drug-likeness (QED) is 0.665. The first-order valence-electron chi connectivity index (χ1n) is 6.24. The lowest BCUT2D eigenvalue weighted by Crippen LogP contribution is -1.79. The summed E-state index contributed by atoms with van der Waals surface area (Å²) in [6, 6.07) is 13.3. The van der Waals surface area contributed by atoms with E-state index in [0.717, 1.165) is 22.2 Å². The molecule has 1 heterocycles. The van der Waals surface area contributed by atoms with Crippen LogP contribution in [0.2, 0.25) is 5.02 Å². The lowest BCUT2D eigenvalue weighted by atomic mass is 10.2. The second kappa shape index (κ2) is 5.02. The predicted octanol–water partition coefficient (Wildman–Crippen LogP) is 4.59. The van der Waals surface area contributed by atoms with Gasteiger partial charge in [-0.25, -0.2) is 0 Å². The number of rotatable bonds is 2. The molecule has 3 rings (SSSR count). The van der Waals surface area contributed by atoms with E-state index >= 15 is 0 Å². The lowest BCUT2D eigenvalue weighted by Gasteiger charge is -1.96. The number of hydrogen-bond acceptors (Lipinski definition) is 2. The normalized spacial score (nSPS) is 11.5. The highest BCUT2D eigenvalue weighted by Gasteiger charge is 2.08. The highest BCUT2D eigenvalue weighted by Crippen LogP contribution is 2.28. The van der Waals surface area contributed by atoms with E-state index in [1.807, 2.05) is 37.3 Å². The molecule has 0 aliphatic rings. The smallest absolute Gasteiger partial charge is 0.198 e. The van der Waals surface area contributed by atoms with E-state index in [1.54, 1.807) is 18.3 Å². The molecule has 100 valence electrons. The summed E-state index contributed by atoms with van der Waals surface area (Å²) < 4.78 is 0. The molecule has 0 radical (unpaired) electrons. The van der Waals surface area contributed by atoms with Crippen LogP contribution < -0.4 is 0 Å². The Hall–Kier alpha value is -2.26. The molecule has 0 amide bonds. The first kappa shape index (κ1) is 12.8. The maximum absolute atomic E-state index is 9.97. The van der Waals surface area contributed by atoms with Crippen LogP contribution >= 0.6 is 11.6 Å². The average Bonchev–Trinajstić information content (AvgIpc) is 2.71. The molecule has 2 N–H and O–H groups in total. The van der Waals surface area contributed by atoms with Crippen LogP contribution in [0.4, 0.5) is 5.69 Å².